The van der Waals surface area contributed by atoms with Crippen molar-refractivity contribution in [1.29, 1.82) is 0 Å². The van der Waals surface area contributed by atoms with E-state index in [1.807, 2.05) is 24.3 Å². The number of nitrogens with one attached hydrogen (secondary N) is 1. The Morgan fingerprint density at radius 3 is 2.52 bits per heavy atom. The van der Waals surface area contributed by atoms with Crippen LogP contribution in [0.25, 0.3) is 0 Å². The van der Waals surface area contributed by atoms with Gasteiger partial charge in [0.25, 0.3) is 0 Å². The second kappa shape index (κ2) is 8.22. The van der Waals surface area contributed by atoms with Crippen LogP contribution in [0.15, 0.2) is 24.3 Å². The van der Waals surface area contributed by atoms with Gasteiger partial charge in [-0.3, -0.25) is 9.59 Å². The molecule has 0 spiro atoms. The first-order valence-electron chi connectivity index (χ1n) is 6.54. The summed E-state index contributed by atoms with van der Waals surface area (Å²) in [6, 6.07) is 7.45. The van der Waals surface area contributed by atoms with Crippen LogP contribution in [0.4, 0.5) is 0 Å². The Hall–Kier alpha value is -1.30. The summed E-state index contributed by atoms with van der Waals surface area (Å²) < 4.78 is 0. The summed E-state index contributed by atoms with van der Waals surface area (Å²) in [7, 11) is 1.72. The molecule has 0 aromatic heterocycles. The fourth-order valence-corrected chi connectivity index (χ4v) is 2.29. The Kier molecular flexibility index (Phi) is 6.95. The second-order valence-electron chi connectivity index (χ2n) is 4.79. The average molecular weight is 332 g/mol. The number of amides is 2. The Bertz CT molecular complexity index is 493. The topological polar surface area (TPSA) is 52.7 Å². The summed E-state index contributed by atoms with van der Waals surface area (Å²) in [5.41, 5.74) is 1.04. The molecule has 21 heavy (non-hydrogen) atoms. The van der Waals surface area contributed by atoms with Crippen LogP contribution in [0.1, 0.15) is 5.56 Å². The highest BCUT2D eigenvalue weighted by Crippen LogP contribution is 2.13. The van der Waals surface area contributed by atoms with Crippen LogP contribution in [0.2, 0.25) is 5.02 Å². The standard InChI is InChI=1S/C14H18ClN3O2.ClH/c1-16-8-13(19)18-7-6-17(14(20)10-18)9-11-2-4-12(15)5-3-11;/h2-5,16H,6-10H2,1H3;1H. The van der Waals surface area contributed by atoms with Gasteiger partial charge in [0, 0.05) is 24.7 Å². The molecular weight excluding hydrogens is 313 g/mol. The summed E-state index contributed by atoms with van der Waals surface area (Å²) in [6.07, 6.45) is 0. The van der Waals surface area contributed by atoms with Gasteiger partial charge in [-0.25, -0.2) is 0 Å². The molecule has 116 valence electrons. The van der Waals surface area contributed by atoms with E-state index >= 15 is 0 Å². The minimum absolute atomic E-state index is 0. The normalized spacial score (nSPS) is 14.9. The molecule has 1 aliphatic rings. The first-order valence-corrected chi connectivity index (χ1v) is 6.92. The lowest BCUT2D eigenvalue weighted by atomic mass is 10.2. The van der Waals surface area contributed by atoms with Crippen molar-refractivity contribution in [1.82, 2.24) is 15.1 Å². The summed E-state index contributed by atoms with van der Waals surface area (Å²) in [5.74, 6) is -0.0531. The Labute approximate surface area is 135 Å². The number of rotatable bonds is 4. The average Bonchev–Trinajstić information content (AvgIpc) is 2.43. The lowest BCUT2D eigenvalue weighted by Crippen LogP contribution is -2.53. The third-order valence-corrected chi connectivity index (χ3v) is 3.54. The van der Waals surface area contributed by atoms with E-state index in [0.29, 0.717) is 24.7 Å². The maximum atomic E-state index is 12.1. The molecule has 1 saturated heterocycles. The highest BCUT2D eigenvalue weighted by Gasteiger charge is 2.26. The van der Waals surface area contributed by atoms with E-state index in [0.717, 1.165) is 5.56 Å². The van der Waals surface area contributed by atoms with E-state index in [1.165, 1.54) is 0 Å². The van der Waals surface area contributed by atoms with Crippen LogP contribution in [0.5, 0.6) is 0 Å². The summed E-state index contributed by atoms with van der Waals surface area (Å²) >= 11 is 5.84. The van der Waals surface area contributed by atoms with Crippen molar-refractivity contribution >= 4 is 35.8 Å². The summed E-state index contributed by atoms with van der Waals surface area (Å²) in [5, 5.41) is 3.49. The number of hydrogen-bond donors (Lipinski definition) is 1. The molecule has 2 amide bonds. The van der Waals surface area contributed by atoms with Crippen LogP contribution < -0.4 is 5.32 Å². The molecule has 0 aliphatic carbocycles. The third-order valence-electron chi connectivity index (χ3n) is 3.29. The fraction of sp³-hybridized carbons (Fsp3) is 0.429. The van der Waals surface area contributed by atoms with E-state index in [4.69, 9.17) is 11.6 Å². The van der Waals surface area contributed by atoms with Crippen molar-refractivity contribution in [3.05, 3.63) is 34.9 Å². The van der Waals surface area contributed by atoms with E-state index in [1.54, 1.807) is 16.8 Å². The first-order chi connectivity index (χ1) is 9.60. The van der Waals surface area contributed by atoms with Gasteiger partial charge in [-0.1, -0.05) is 23.7 Å². The number of carbonyl (C=O) groups excluding carboxylic acids is 2. The van der Waals surface area contributed by atoms with E-state index in [-0.39, 0.29) is 37.3 Å². The van der Waals surface area contributed by atoms with Gasteiger partial charge in [0.05, 0.1) is 13.1 Å². The Balaban J connectivity index is 0.00000220. The minimum atomic E-state index is -0.0352. The van der Waals surface area contributed by atoms with Crippen molar-refractivity contribution in [3.63, 3.8) is 0 Å². The maximum absolute atomic E-state index is 12.1. The predicted molar refractivity (Wildman–Crippen MR) is 84.6 cm³/mol. The molecule has 1 aliphatic heterocycles. The number of nitrogens with zero attached hydrogens (tertiary/aromatic N) is 2. The van der Waals surface area contributed by atoms with Gasteiger partial charge >= 0.3 is 0 Å². The molecule has 0 unspecified atom stereocenters. The highest BCUT2D eigenvalue weighted by molar-refractivity contribution is 6.30. The molecule has 0 radical (unpaired) electrons. The third kappa shape index (κ3) is 4.88. The van der Waals surface area contributed by atoms with E-state index in [2.05, 4.69) is 5.32 Å². The van der Waals surface area contributed by atoms with Gasteiger partial charge < -0.3 is 15.1 Å². The zero-order valence-electron chi connectivity index (χ0n) is 11.8. The number of likely N-dealkylation sites (N-methyl/N-ethyl adjacent to an activating group) is 1. The quantitative estimate of drug-likeness (QED) is 0.900. The van der Waals surface area contributed by atoms with Gasteiger partial charge in [-0.05, 0) is 24.7 Å². The van der Waals surface area contributed by atoms with Gasteiger partial charge in [-0.2, -0.15) is 0 Å². The van der Waals surface area contributed by atoms with Crippen LogP contribution in [0, 0.1) is 0 Å². The van der Waals surface area contributed by atoms with Gasteiger partial charge in [0.15, 0.2) is 0 Å². The maximum Gasteiger partial charge on any atom is 0.242 e. The molecule has 0 saturated carbocycles. The number of piperazine rings is 1. The molecule has 1 N–H and O–H groups in total. The predicted octanol–water partition coefficient (Wildman–Crippen LogP) is 1.15. The highest BCUT2D eigenvalue weighted by atomic mass is 35.5. The largest absolute Gasteiger partial charge is 0.335 e. The lowest BCUT2D eigenvalue weighted by Gasteiger charge is -2.34. The van der Waals surface area contributed by atoms with Gasteiger partial charge in [0.1, 0.15) is 0 Å². The van der Waals surface area contributed by atoms with E-state index < -0.39 is 0 Å². The van der Waals surface area contributed by atoms with Crippen molar-refractivity contribution in [2.45, 2.75) is 6.54 Å². The number of halogens is 2. The molecule has 2 rings (SSSR count). The van der Waals surface area contributed by atoms with E-state index in [9.17, 15) is 9.59 Å². The van der Waals surface area contributed by atoms with Crippen LogP contribution >= 0.6 is 24.0 Å². The summed E-state index contributed by atoms with van der Waals surface area (Å²) in [4.78, 5) is 27.2. The zero-order chi connectivity index (χ0) is 14.5. The monoisotopic (exact) mass is 331 g/mol. The molecule has 1 aromatic carbocycles. The summed E-state index contributed by atoms with van der Waals surface area (Å²) in [6.45, 7) is 2.14. The zero-order valence-corrected chi connectivity index (χ0v) is 13.4. The number of hydrogen-bond acceptors (Lipinski definition) is 3. The van der Waals surface area contributed by atoms with Crippen molar-refractivity contribution in [3.8, 4) is 0 Å². The van der Waals surface area contributed by atoms with Crippen molar-refractivity contribution < 1.29 is 9.59 Å². The van der Waals surface area contributed by atoms with Gasteiger partial charge in [-0.15, -0.1) is 12.4 Å². The molecule has 1 fully saturated rings. The fourth-order valence-electron chi connectivity index (χ4n) is 2.16. The molecule has 7 heteroatoms. The smallest absolute Gasteiger partial charge is 0.242 e. The number of benzene rings is 1. The van der Waals surface area contributed by atoms with Gasteiger partial charge in [0.2, 0.25) is 11.8 Å². The molecular formula is C14H19Cl2N3O2. The second-order valence-corrected chi connectivity index (χ2v) is 5.22. The van der Waals surface area contributed by atoms with Crippen LogP contribution in [0.3, 0.4) is 0 Å². The molecule has 0 bridgehead atoms. The molecule has 1 aromatic rings. The van der Waals surface area contributed by atoms with Crippen molar-refractivity contribution in [2.75, 3.05) is 33.2 Å². The van der Waals surface area contributed by atoms with Crippen LogP contribution in [-0.2, 0) is 16.1 Å². The van der Waals surface area contributed by atoms with Crippen LogP contribution in [-0.4, -0.2) is 54.8 Å². The first kappa shape index (κ1) is 17.8. The Morgan fingerprint density at radius 1 is 1.29 bits per heavy atom. The molecule has 0 atom stereocenters. The van der Waals surface area contributed by atoms with Crippen molar-refractivity contribution in [2.24, 2.45) is 0 Å². The minimum Gasteiger partial charge on any atom is -0.335 e. The Morgan fingerprint density at radius 2 is 1.95 bits per heavy atom. The number of carbonyl (C=O) groups is 2. The molecule has 5 nitrogen and oxygen atoms in total. The lowest BCUT2D eigenvalue weighted by molar-refractivity contribution is -0.145. The molecule has 1 heterocycles. The SMILES string of the molecule is CNCC(=O)N1CCN(Cc2ccc(Cl)cc2)C(=O)C1.Cl.